The van der Waals surface area contributed by atoms with E-state index in [-0.39, 0.29) is 0 Å². The van der Waals surface area contributed by atoms with Crippen molar-refractivity contribution in [3.8, 4) is 0 Å². The summed E-state index contributed by atoms with van der Waals surface area (Å²) in [6.07, 6.45) is 2.83. The molecule has 1 atom stereocenters. The van der Waals surface area contributed by atoms with Crippen LogP contribution in [0.15, 0.2) is 12.1 Å². The Bertz CT molecular complexity index is 476. The zero-order chi connectivity index (χ0) is 14.5. The van der Waals surface area contributed by atoms with Gasteiger partial charge in [0, 0.05) is 31.8 Å². The van der Waals surface area contributed by atoms with Crippen LogP contribution in [0.25, 0.3) is 0 Å². The maximum Gasteiger partial charge on any atom is 0.335 e. The van der Waals surface area contributed by atoms with Gasteiger partial charge < -0.3 is 14.7 Å². The molecule has 0 spiro atoms. The number of hydrogen-bond donors (Lipinski definition) is 1. The quantitative estimate of drug-likeness (QED) is 0.864. The van der Waals surface area contributed by atoms with Crippen molar-refractivity contribution in [3.63, 3.8) is 0 Å². The average Bonchev–Trinajstić information content (AvgIpc) is 2.88. The number of pyridine rings is 1. The molecule has 2 heterocycles. The van der Waals surface area contributed by atoms with Crippen LogP contribution >= 0.6 is 0 Å². The van der Waals surface area contributed by atoms with Crippen LogP contribution in [-0.4, -0.2) is 42.9 Å². The standard InChI is InChI=1S/C15H22N2O3/c1-3-4-13-7-12(15(18)19)8-14(16-13)17-6-5-11(9-17)10-20-2/h7-8,11H,3-6,9-10H2,1-2H3,(H,18,19). The fraction of sp³-hybridized carbons (Fsp3) is 0.600. The first kappa shape index (κ1) is 14.8. The lowest BCUT2D eigenvalue weighted by Crippen LogP contribution is -2.23. The van der Waals surface area contributed by atoms with Crippen molar-refractivity contribution in [1.29, 1.82) is 0 Å². The second-order valence-electron chi connectivity index (χ2n) is 5.32. The Morgan fingerprint density at radius 3 is 3.00 bits per heavy atom. The van der Waals surface area contributed by atoms with Gasteiger partial charge in [0.05, 0.1) is 12.2 Å². The number of methoxy groups -OCH3 is 1. The van der Waals surface area contributed by atoms with E-state index in [4.69, 9.17) is 4.74 Å². The number of rotatable bonds is 6. The summed E-state index contributed by atoms with van der Waals surface area (Å²) in [6, 6.07) is 3.36. The van der Waals surface area contributed by atoms with Crippen LogP contribution in [0, 0.1) is 5.92 Å². The molecule has 5 nitrogen and oxygen atoms in total. The zero-order valence-corrected chi connectivity index (χ0v) is 12.1. The summed E-state index contributed by atoms with van der Waals surface area (Å²) >= 11 is 0. The Labute approximate surface area is 119 Å². The van der Waals surface area contributed by atoms with E-state index in [2.05, 4.69) is 16.8 Å². The number of anilines is 1. The van der Waals surface area contributed by atoms with E-state index in [9.17, 15) is 9.90 Å². The molecule has 1 fully saturated rings. The first-order chi connectivity index (χ1) is 9.63. The monoisotopic (exact) mass is 278 g/mol. The number of carbonyl (C=O) groups is 1. The number of aromatic carboxylic acids is 1. The fourth-order valence-electron chi connectivity index (χ4n) is 2.65. The maximum absolute atomic E-state index is 11.2. The number of carboxylic acids is 1. The van der Waals surface area contributed by atoms with Gasteiger partial charge in [-0.25, -0.2) is 9.78 Å². The Morgan fingerprint density at radius 1 is 1.55 bits per heavy atom. The van der Waals surface area contributed by atoms with E-state index in [1.807, 2.05) is 0 Å². The molecule has 0 aliphatic carbocycles. The third kappa shape index (κ3) is 3.48. The lowest BCUT2D eigenvalue weighted by atomic mass is 10.1. The molecule has 0 radical (unpaired) electrons. The normalized spacial score (nSPS) is 18.5. The van der Waals surface area contributed by atoms with Crippen LogP contribution in [0.4, 0.5) is 5.82 Å². The predicted octanol–water partition coefficient (Wildman–Crippen LogP) is 2.21. The van der Waals surface area contributed by atoms with Crippen molar-refractivity contribution in [2.75, 3.05) is 31.7 Å². The number of ether oxygens (including phenoxy) is 1. The summed E-state index contributed by atoms with van der Waals surface area (Å²) < 4.78 is 5.19. The highest BCUT2D eigenvalue weighted by Gasteiger charge is 2.24. The van der Waals surface area contributed by atoms with Crippen molar-refractivity contribution in [2.24, 2.45) is 5.92 Å². The van der Waals surface area contributed by atoms with Gasteiger partial charge in [-0.2, -0.15) is 0 Å². The van der Waals surface area contributed by atoms with E-state index >= 15 is 0 Å². The van der Waals surface area contributed by atoms with E-state index in [0.717, 1.165) is 50.5 Å². The van der Waals surface area contributed by atoms with Crippen LogP contribution < -0.4 is 4.90 Å². The highest BCUT2D eigenvalue weighted by atomic mass is 16.5. The SMILES string of the molecule is CCCc1cc(C(=O)O)cc(N2CCC(COC)C2)n1. The minimum absolute atomic E-state index is 0.327. The number of nitrogens with zero attached hydrogens (tertiary/aromatic N) is 2. The van der Waals surface area contributed by atoms with Crippen LogP contribution in [0.1, 0.15) is 35.8 Å². The summed E-state index contributed by atoms with van der Waals surface area (Å²) in [5, 5.41) is 9.21. The summed E-state index contributed by atoms with van der Waals surface area (Å²) in [4.78, 5) is 18.0. The molecule has 1 aliphatic rings. The third-order valence-electron chi connectivity index (χ3n) is 3.63. The van der Waals surface area contributed by atoms with Crippen LogP contribution in [0.2, 0.25) is 0 Å². The Hall–Kier alpha value is -1.62. The molecule has 110 valence electrons. The molecule has 0 aromatic carbocycles. The molecule has 1 saturated heterocycles. The Kier molecular flexibility index (Phi) is 4.95. The summed E-state index contributed by atoms with van der Waals surface area (Å²) in [5.41, 5.74) is 1.19. The van der Waals surface area contributed by atoms with Crippen LogP contribution in [0.5, 0.6) is 0 Å². The van der Waals surface area contributed by atoms with Gasteiger partial charge in [-0.15, -0.1) is 0 Å². The smallest absolute Gasteiger partial charge is 0.335 e. The highest BCUT2D eigenvalue weighted by molar-refractivity contribution is 5.88. The molecule has 1 unspecified atom stereocenters. The van der Waals surface area contributed by atoms with E-state index in [1.54, 1.807) is 19.2 Å². The van der Waals surface area contributed by atoms with Gasteiger partial charge in [-0.05, 0) is 25.0 Å². The van der Waals surface area contributed by atoms with Gasteiger partial charge in [0.15, 0.2) is 0 Å². The lowest BCUT2D eigenvalue weighted by Gasteiger charge is -2.19. The maximum atomic E-state index is 11.2. The number of hydrogen-bond acceptors (Lipinski definition) is 4. The third-order valence-corrected chi connectivity index (χ3v) is 3.63. The van der Waals surface area contributed by atoms with Crippen LogP contribution in [-0.2, 0) is 11.2 Å². The lowest BCUT2D eigenvalue weighted by molar-refractivity contribution is 0.0696. The minimum Gasteiger partial charge on any atom is -0.478 e. The molecule has 1 N–H and O–H groups in total. The van der Waals surface area contributed by atoms with Crippen molar-refractivity contribution in [1.82, 2.24) is 4.98 Å². The summed E-state index contributed by atoms with van der Waals surface area (Å²) in [5.74, 6) is 0.399. The Morgan fingerprint density at radius 2 is 2.35 bits per heavy atom. The topological polar surface area (TPSA) is 62.7 Å². The molecular formula is C15H22N2O3. The average molecular weight is 278 g/mol. The second kappa shape index (κ2) is 6.70. The summed E-state index contributed by atoms with van der Waals surface area (Å²) in [6.45, 7) is 4.61. The molecule has 0 saturated carbocycles. The van der Waals surface area contributed by atoms with Crippen molar-refractivity contribution in [3.05, 3.63) is 23.4 Å². The largest absolute Gasteiger partial charge is 0.478 e. The zero-order valence-electron chi connectivity index (χ0n) is 12.1. The van der Waals surface area contributed by atoms with Gasteiger partial charge in [0.25, 0.3) is 0 Å². The fourth-order valence-corrected chi connectivity index (χ4v) is 2.65. The van der Waals surface area contributed by atoms with E-state index in [0.29, 0.717) is 11.5 Å². The summed E-state index contributed by atoms with van der Waals surface area (Å²) in [7, 11) is 1.71. The molecule has 1 aliphatic heterocycles. The molecule has 5 heteroatoms. The molecule has 0 amide bonds. The van der Waals surface area contributed by atoms with Gasteiger partial charge in [0.1, 0.15) is 5.82 Å². The van der Waals surface area contributed by atoms with Gasteiger partial charge in [0.2, 0.25) is 0 Å². The predicted molar refractivity (Wildman–Crippen MR) is 77.4 cm³/mol. The first-order valence-electron chi connectivity index (χ1n) is 7.12. The van der Waals surface area contributed by atoms with Crippen molar-refractivity contribution in [2.45, 2.75) is 26.2 Å². The van der Waals surface area contributed by atoms with Gasteiger partial charge in [-0.1, -0.05) is 13.3 Å². The van der Waals surface area contributed by atoms with Gasteiger partial charge in [-0.3, -0.25) is 0 Å². The van der Waals surface area contributed by atoms with E-state index in [1.165, 1.54) is 0 Å². The van der Waals surface area contributed by atoms with E-state index < -0.39 is 5.97 Å². The molecule has 20 heavy (non-hydrogen) atoms. The van der Waals surface area contributed by atoms with Crippen molar-refractivity contribution >= 4 is 11.8 Å². The number of aromatic nitrogens is 1. The number of aryl methyl sites for hydroxylation is 1. The minimum atomic E-state index is -0.890. The molecule has 1 aromatic rings. The van der Waals surface area contributed by atoms with Crippen molar-refractivity contribution < 1.29 is 14.6 Å². The molecule has 1 aromatic heterocycles. The molecular weight excluding hydrogens is 256 g/mol. The molecule has 2 rings (SSSR count). The highest BCUT2D eigenvalue weighted by Crippen LogP contribution is 2.24. The molecule has 0 bridgehead atoms. The van der Waals surface area contributed by atoms with Gasteiger partial charge >= 0.3 is 5.97 Å². The van der Waals surface area contributed by atoms with Crippen LogP contribution in [0.3, 0.4) is 0 Å². The Balaban J connectivity index is 2.20. The number of carboxylic acid groups (broad SMARTS) is 1. The second-order valence-corrected chi connectivity index (χ2v) is 5.32. The first-order valence-corrected chi connectivity index (χ1v) is 7.12.